The van der Waals surface area contributed by atoms with Crippen LogP contribution in [0.25, 0.3) is 0 Å². The first-order valence-electron chi connectivity index (χ1n) is 6.65. The summed E-state index contributed by atoms with van der Waals surface area (Å²) in [6.45, 7) is 3.25. The Hall–Kier alpha value is -1.44. The number of sulfonamides is 1. The quantitative estimate of drug-likeness (QED) is 0.752. The Bertz CT molecular complexity index is 651. The summed E-state index contributed by atoms with van der Waals surface area (Å²) >= 11 is 0. The van der Waals surface area contributed by atoms with Gasteiger partial charge in [-0.3, -0.25) is 4.79 Å². The van der Waals surface area contributed by atoms with Crippen molar-refractivity contribution in [3.63, 3.8) is 0 Å². The van der Waals surface area contributed by atoms with E-state index in [1.54, 1.807) is 19.1 Å². The first kappa shape index (κ1) is 13.5. The average molecular weight is 295 g/mol. The Balaban J connectivity index is 1.89. The highest BCUT2D eigenvalue weighted by atomic mass is 32.2. The van der Waals surface area contributed by atoms with Gasteiger partial charge in [-0.15, -0.1) is 0 Å². The average Bonchev–Trinajstić information content (AvgIpc) is 2.98. The van der Waals surface area contributed by atoms with Crippen LogP contribution < -0.4 is 15.4 Å². The summed E-state index contributed by atoms with van der Waals surface area (Å²) in [5.74, 6) is -0.407. The molecule has 0 spiro atoms. The molecule has 2 aliphatic rings. The summed E-state index contributed by atoms with van der Waals surface area (Å²) in [7, 11) is -3.54. The van der Waals surface area contributed by atoms with E-state index < -0.39 is 10.0 Å². The number of amides is 1. The molecule has 2 atom stereocenters. The fourth-order valence-corrected chi connectivity index (χ4v) is 3.91. The fraction of sp³-hybridized carbons (Fsp3) is 0.462. The van der Waals surface area contributed by atoms with Gasteiger partial charge in [0.05, 0.1) is 10.8 Å². The fourth-order valence-electron chi connectivity index (χ4n) is 2.60. The van der Waals surface area contributed by atoms with E-state index in [1.807, 2.05) is 0 Å². The maximum absolute atomic E-state index is 12.3. The van der Waals surface area contributed by atoms with Crippen LogP contribution in [0.5, 0.6) is 0 Å². The molecule has 108 valence electrons. The summed E-state index contributed by atoms with van der Waals surface area (Å²) in [6.07, 6.45) is 0.792. The van der Waals surface area contributed by atoms with Crippen molar-refractivity contribution >= 4 is 21.6 Å². The highest BCUT2D eigenvalue weighted by Crippen LogP contribution is 2.33. The predicted octanol–water partition coefficient (Wildman–Crippen LogP) is 0.382. The standard InChI is InChI=1S/C13H17N3O3S/c1-8-11-6-10(2-3-12(11)15-13(8)17)20(18,19)16-9-4-5-14-7-9/h2-3,6,8-9,14,16H,4-5,7H2,1H3,(H,15,17)/t8?,9-/m1/s1. The summed E-state index contributed by atoms with van der Waals surface area (Å²) in [5, 5.41) is 5.85. The highest BCUT2D eigenvalue weighted by molar-refractivity contribution is 7.89. The lowest BCUT2D eigenvalue weighted by Crippen LogP contribution is -2.36. The summed E-state index contributed by atoms with van der Waals surface area (Å²) in [4.78, 5) is 11.8. The number of rotatable bonds is 3. The molecule has 0 radical (unpaired) electrons. The number of nitrogens with one attached hydrogen (secondary N) is 3. The number of fused-ring (bicyclic) bond motifs is 1. The van der Waals surface area contributed by atoms with Crippen molar-refractivity contribution < 1.29 is 13.2 Å². The third-order valence-electron chi connectivity index (χ3n) is 3.83. The van der Waals surface area contributed by atoms with E-state index in [0.29, 0.717) is 12.2 Å². The summed E-state index contributed by atoms with van der Waals surface area (Å²) < 4.78 is 27.4. The van der Waals surface area contributed by atoms with Gasteiger partial charge in [0.2, 0.25) is 15.9 Å². The van der Waals surface area contributed by atoms with Crippen LogP contribution >= 0.6 is 0 Å². The van der Waals surface area contributed by atoms with Gasteiger partial charge < -0.3 is 10.6 Å². The van der Waals surface area contributed by atoms with Crippen molar-refractivity contribution in [3.8, 4) is 0 Å². The molecule has 0 aliphatic carbocycles. The lowest BCUT2D eigenvalue weighted by molar-refractivity contribution is -0.116. The molecular weight excluding hydrogens is 278 g/mol. The largest absolute Gasteiger partial charge is 0.325 e. The van der Waals surface area contributed by atoms with Crippen molar-refractivity contribution in [2.24, 2.45) is 0 Å². The van der Waals surface area contributed by atoms with Crippen molar-refractivity contribution in [1.29, 1.82) is 0 Å². The van der Waals surface area contributed by atoms with Crippen LogP contribution in [-0.2, 0) is 14.8 Å². The lowest BCUT2D eigenvalue weighted by Gasteiger charge is -2.13. The minimum Gasteiger partial charge on any atom is -0.325 e. The van der Waals surface area contributed by atoms with Gasteiger partial charge >= 0.3 is 0 Å². The van der Waals surface area contributed by atoms with Crippen LogP contribution in [0.4, 0.5) is 5.69 Å². The number of hydrogen-bond donors (Lipinski definition) is 3. The van der Waals surface area contributed by atoms with Gasteiger partial charge in [0, 0.05) is 18.3 Å². The Labute approximate surface area is 118 Å². The van der Waals surface area contributed by atoms with Gasteiger partial charge in [-0.05, 0) is 43.7 Å². The lowest BCUT2D eigenvalue weighted by atomic mass is 10.0. The zero-order valence-corrected chi connectivity index (χ0v) is 12.0. The molecule has 2 aliphatic heterocycles. The zero-order valence-electron chi connectivity index (χ0n) is 11.1. The molecule has 2 heterocycles. The Morgan fingerprint density at radius 3 is 2.85 bits per heavy atom. The van der Waals surface area contributed by atoms with Gasteiger partial charge in [0.1, 0.15) is 0 Å². The molecule has 3 N–H and O–H groups in total. The Morgan fingerprint density at radius 1 is 1.35 bits per heavy atom. The van der Waals surface area contributed by atoms with E-state index in [2.05, 4.69) is 15.4 Å². The number of anilines is 1. The molecule has 1 aromatic carbocycles. The maximum Gasteiger partial charge on any atom is 0.240 e. The van der Waals surface area contributed by atoms with E-state index in [1.165, 1.54) is 6.07 Å². The van der Waals surface area contributed by atoms with Crippen molar-refractivity contribution in [2.45, 2.75) is 30.2 Å². The third kappa shape index (κ3) is 2.32. The van der Waals surface area contributed by atoms with Crippen LogP contribution in [-0.4, -0.2) is 33.5 Å². The SMILES string of the molecule is CC1C(=O)Nc2ccc(S(=O)(=O)N[C@@H]3CCNC3)cc21. The second-order valence-electron chi connectivity index (χ2n) is 5.27. The molecule has 6 nitrogen and oxygen atoms in total. The first-order valence-corrected chi connectivity index (χ1v) is 8.13. The normalized spacial score (nSPS) is 25.6. The van der Waals surface area contributed by atoms with Gasteiger partial charge in [-0.25, -0.2) is 13.1 Å². The van der Waals surface area contributed by atoms with E-state index in [4.69, 9.17) is 0 Å². The second-order valence-corrected chi connectivity index (χ2v) is 6.98. The molecule has 20 heavy (non-hydrogen) atoms. The minimum absolute atomic E-state index is 0.0644. The topological polar surface area (TPSA) is 87.3 Å². The Kier molecular flexibility index (Phi) is 3.27. The van der Waals surface area contributed by atoms with Gasteiger partial charge in [0.25, 0.3) is 0 Å². The molecule has 1 fully saturated rings. The van der Waals surface area contributed by atoms with Crippen LogP contribution in [0.1, 0.15) is 24.8 Å². The number of carbonyl (C=O) groups is 1. The van der Waals surface area contributed by atoms with Gasteiger partial charge in [0.15, 0.2) is 0 Å². The number of hydrogen-bond acceptors (Lipinski definition) is 4. The van der Waals surface area contributed by atoms with E-state index in [9.17, 15) is 13.2 Å². The molecule has 0 bridgehead atoms. The molecule has 0 aromatic heterocycles. The third-order valence-corrected chi connectivity index (χ3v) is 5.35. The number of benzene rings is 1. The molecule has 1 aromatic rings. The summed E-state index contributed by atoms with van der Waals surface area (Å²) in [6, 6.07) is 4.70. The minimum atomic E-state index is -3.54. The van der Waals surface area contributed by atoms with Gasteiger partial charge in [-0.2, -0.15) is 0 Å². The summed E-state index contributed by atoms with van der Waals surface area (Å²) in [5.41, 5.74) is 1.44. The molecule has 1 saturated heterocycles. The van der Waals surface area contributed by atoms with Crippen LogP contribution in [0.15, 0.2) is 23.1 Å². The van der Waals surface area contributed by atoms with Crippen molar-refractivity contribution in [1.82, 2.24) is 10.0 Å². The van der Waals surface area contributed by atoms with E-state index >= 15 is 0 Å². The van der Waals surface area contributed by atoms with Gasteiger partial charge in [-0.1, -0.05) is 0 Å². The molecule has 1 unspecified atom stereocenters. The van der Waals surface area contributed by atoms with E-state index in [0.717, 1.165) is 18.5 Å². The van der Waals surface area contributed by atoms with Crippen molar-refractivity contribution in [2.75, 3.05) is 18.4 Å². The molecule has 3 rings (SSSR count). The van der Waals surface area contributed by atoms with Crippen LogP contribution in [0.3, 0.4) is 0 Å². The monoisotopic (exact) mass is 295 g/mol. The second kappa shape index (κ2) is 4.83. The maximum atomic E-state index is 12.3. The Morgan fingerprint density at radius 2 is 2.15 bits per heavy atom. The first-order chi connectivity index (χ1) is 9.47. The van der Waals surface area contributed by atoms with E-state index in [-0.39, 0.29) is 22.8 Å². The molecule has 0 saturated carbocycles. The van der Waals surface area contributed by atoms with Crippen LogP contribution in [0.2, 0.25) is 0 Å². The van der Waals surface area contributed by atoms with Crippen LogP contribution in [0, 0.1) is 0 Å². The molecule has 7 heteroatoms. The van der Waals surface area contributed by atoms with Crippen molar-refractivity contribution in [3.05, 3.63) is 23.8 Å². The zero-order chi connectivity index (χ0) is 14.3. The predicted molar refractivity (Wildman–Crippen MR) is 75.1 cm³/mol. The number of carbonyl (C=O) groups excluding carboxylic acids is 1. The molecular formula is C13H17N3O3S. The highest BCUT2D eigenvalue weighted by Gasteiger charge is 2.29. The molecule has 1 amide bonds. The smallest absolute Gasteiger partial charge is 0.240 e.